The van der Waals surface area contributed by atoms with Crippen LogP contribution >= 0.6 is 0 Å². The van der Waals surface area contributed by atoms with Crippen LogP contribution in [0.2, 0.25) is 0 Å². The first kappa shape index (κ1) is 13.0. The van der Waals surface area contributed by atoms with Crippen molar-refractivity contribution in [2.45, 2.75) is 12.5 Å². The normalized spacial score (nSPS) is 11.8. The van der Waals surface area contributed by atoms with E-state index in [-0.39, 0.29) is 6.10 Å². The lowest BCUT2D eigenvalue weighted by atomic mass is 10.1. The van der Waals surface area contributed by atoms with E-state index in [1.165, 1.54) is 0 Å². The van der Waals surface area contributed by atoms with Gasteiger partial charge in [-0.25, -0.2) is 4.79 Å². The predicted molar refractivity (Wildman–Crippen MR) is 75.6 cm³/mol. The number of carbonyl (C=O) groups is 1. The van der Waals surface area contributed by atoms with Gasteiger partial charge in [0, 0.05) is 29.6 Å². The van der Waals surface area contributed by atoms with E-state index in [0.717, 1.165) is 22.5 Å². The number of ether oxygens (including phenoxy) is 1. The third-order valence-electron chi connectivity index (χ3n) is 2.79. The van der Waals surface area contributed by atoms with E-state index in [1.54, 1.807) is 12.3 Å². The van der Waals surface area contributed by atoms with Gasteiger partial charge >= 0.3 is 5.97 Å². The van der Waals surface area contributed by atoms with Crippen LogP contribution in [0.5, 0.6) is 0 Å². The summed E-state index contributed by atoms with van der Waals surface area (Å²) in [5.41, 5.74) is 1.77. The molecule has 1 heterocycles. The number of esters is 1. The summed E-state index contributed by atoms with van der Waals surface area (Å²) in [5.74, 6) is -0.444. The molecule has 96 valence electrons. The van der Waals surface area contributed by atoms with Crippen molar-refractivity contribution in [1.82, 2.24) is 4.98 Å². The highest BCUT2D eigenvalue weighted by Gasteiger charge is 2.14. The maximum atomic E-state index is 11.3. The molecule has 1 atom stereocenters. The van der Waals surface area contributed by atoms with Crippen LogP contribution in [0.3, 0.4) is 0 Å². The second-order valence-corrected chi connectivity index (χ2v) is 4.12. The first-order valence-corrected chi connectivity index (χ1v) is 6.03. The van der Waals surface area contributed by atoms with Crippen LogP contribution in [0.4, 0.5) is 0 Å². The number of pyridine rings is 1. The number of nitrogens with zero attached hydrogens (tertiary/aromatic N) is 1. The van der Waals surface area contributed by atoms with Crippen molar-refractivity contribution in [2.24, 2.45) is 0 Å². The third-order valence-corrected chi connectivity index (χ3v) is 2.79. The molecule has 0 saturated heterocycles. The Morgan fingerprint density at radius 2 is 2.16 bits per heavy atom. The van der Waals surface area contributed by atoms with Gasteiger partial charge in [-0.3, -0.25) is 4.98 Å². The summed E-state index contributed by atoms with van der Waals surface area (Å²) < 4.78 is 5.31. The van der Waals surface area contributed by atoms with Crippen LogP contribution in [0.15, 0.2) is 61.8 Å². The van der Waals surface area contributed by atoms with E-state index in [9.17, 15) is 4.79 Å². The number of benzene rings is 1. The van der Waals surface area contributed by atoms with Crippen molar-refractivity contribution in [3.8, 4) is 0 Å². The van der Waals surface area contributed by atoms with E-state index in [0.29, 0.717) is 6.42 Å². The average molecular weight is 253 g/mol. The molecule has 2 rings (SSSR count). The van der Waals surface area contributed by atoms with Crippen LogP contribution in [-0.4, -0.2) is 11.0 Å². The molecule has 0 saturated carbocycles. The molecular weight excluding hydrogens is 238 g/mol. The van der Waals surface area contributed by atoms with Crippen molar-refractivity contribution in [1.29, 1.82) is 0 Å². The molecular formula is C16H15NO2. The summed E-state index contributed by atoms with van der Waals surface area (Å²) >= 11 is 0. The first-order valence-electron chi connectivity index (χ1n) is 6.03. The average Bonchev–Trinajstić information content (AvgIpc) is 2.46. The lowest BCUT2D eigenvalue weighted by Gasteiger charge is -2.15. The van der Waals surface area contributed by atoms with E-state index in [1.807, 2.05) is 30.3 Å². The number of carbonyl (C=O) groups excluding carboxylic acids is 1. The van der Waals surface area contributed by atoms with Gasteiger partial charge in [-0.05, 0) is 12.1 Å². The third kappa shape index (κ3) is 3.07. The smallest absolute Gasteiger partial charge is 0.330 e. The molecule has 19 heavy (non-hydrogen) atoms. The summed E-state index contributed by atoms with van der Waals surface area (Å²) in [4.78, 5) is 15.7. The van der Waals surface area contributed by atoms with Crippen molar-refractivity contribution in [3.63, 3.8) is 0 Å². The molecule has 0 amide bonds. The summed E-state index contributed by atoms with van der Waals surface area (Å²) in [5, 5.41) is 1.02. The number of fused-ring (bicyclic) bond motifs is 1. The summed E-state index contributed by atoms with van der Waals surface area (Å²) in [7, 11) is 0. The quantitative estimate of drug-likeness (QED) is 0.464. The largest absolute Gasteiger partial charge is 0.454 e. The maximum Gasteiger partial charge on any atom is 0.330 e. The molecule has 0 N–H and O–H groups in total. The molecule has 3 heteroatoms. The van der Waals surface area contributed by atoms with Gasteiger partial charge in [0.25, 0.3) is 0 Å². The second-order valence-electron chi connectivity index (χ2n) is 4.12. The summed E-state index contributed by atoms with van der Waals surface area (Å²) in [6.07, 6.45) is 4.77. The van der Waals surface area contributed by atoms with Crippen LogP contribution in [0, 0.1) is 0 Å². The van der Waals surface area contributed by atoms with Gasteiger partial charge in [-0.1, -0.05) is 30.9 Å². The van der Waals surface area contributed by atoms with Gasteiger partial charge in [0.2, 0.25) is 0 Å². The Kier molecular flexibility index (Phi) is 4.08. The lowest BCUT2D eigenvalue weighted by molar-refractivity contribution is -0.143. The Morgan fingerprint density at radius 1 is 1.37 bits per heavy atom. The van der Waals surface area contributed by atoms with Gasteiger partial charge in [0.1, 0.15) is 6.10 Å². The minimum atomic E-state index is -0.444. The topological polar surface area (TPSA) is 39.2 Å². The monoisotopic (exact) mass is 253 g/mol. The molecule has 0 aliphatic carbocycles. The Bertz CT molecular complexity index is 619. The van der Waals surface area contributed by atoms with Crippen molar-refractivity contribution in [3.05, 3.63) is 67.4 Å². The molecule has 1 aromatic carbocycles. The highest BCUT2D eigenvalue weighted by Crippen LogP contribution is 2.24. The fraction of sp³-hybridized carbons (Fsp3) is 0.125. The van der Waals surface area contributed by atoms with Gasteiger partial charge < -0.3 is 4.74 Å². The maximum absolute atomic E-state index is 11.3. The van der Waals surface area contributed by atoms with E-state index < -0.39 is 5.97 Å². The zero-order chi connectivity index (χ0) is 13.7. The number of aromatic nitrogens is 1. The Morgan fingerprint density at radius 3 is 2.89 bits per heavy atom. The van der Waals surface area contributed by atoms with Gasteiger partial charge in [0.15, 0.2) is 0 Å². The standard InChI is InChI=1S/C16H15NO2/c1-3-7-15(19-16(18)4-2)13-10-12-8-5-6-9-14(12)17-11-13/h3-6,8-11,15H,1-2,7H2. The van der Waals surface area contributed by atoms with Crippen LogP contribution < -0.4 is 0 Å². The van der Waals surface area contributed by atoms with Crippen molar-refractivity contribution >= 4 is 16.9 Å². The predicted octanol–water partition coefficient (Wildman–Crippen LogP) is 3.58. The minimum Gasteiger partial charge on any atom is -0.454 e. The molecule has 0 fully saturated rings. The molecule has 0 spiro atoms. The zero-order valence-corrected chi connectivity index (χ0v) is 10.6. The van der Waals surface area contributed by atoms with Crippen molar-refractivity contribution in [2.75, 3.05) is 0 Å². The molecule has 0 aliphatic heterocycles. The second kappa shape index (κ2) is 5.96. The zero-order valence-electron chi connectivity index (χ0n) is 10.6. The molecule has 1 aromatic heterocycles. The summed E-state index contributed by atoms with van der Waals surface area (Å²) in [6, 6.07) is 9.79. The van der Waals surface area contributed by atoms with Crippen LogP contribution in [0.1, 0.15) is 18.1 Å². The van der Waals surface area contributed by atoms with Crippen molar-refractivity contribution < 1.29 is 9.53 Å². The van der Waals surface area contributed by atoms with Gasteiger partial charge in [0.05, 0.1) is 5.52 Å². The Labute approximate surface area is 112 Å². The fourth-order valence-corrected chi connectivity index (χ4v) is 1.86. The minimum absolute atomic E-state index is 0.375. The number of hydrogen-bond donors (Lipinski definition) is 0. The highest BCUT2D eigenvalue weighted by molar-refractivity contribution is 5.82. The lowest BCUT2D eigenvalue weighted by Crippen LogP contribution is -2.09. The fourth-order valence-electron chi connectivity index (χ4n) is 1.86. The highest BCUT2D eigenvalue weighted by atomic mass is 16.5. The Balaban J connectivity index is 2.35. The summed E-state index contributed by atoms with van der Waals surface area (Å²) in [6.45, 7) is 7.09. The molecule has 0 bridgehead atoms. The number of rotatable bonds is 5. The van der Waals surface area contributed by atoms with Crippen LogP contribution in [0.25, 0.3) is 10.9 Å². The molecule has 1 unspecified atom stereocenters. The molecule has 0 aliphatic rings. The number of para-hydroxylation sites is 1. The van der Waals surface area contributed by atoms with Gasteiger partial charge in [-0.15, -0.1) is 6.58 Å². The first-order chi connectivity index (χ1) is 9.24. The van der Waals surface area contributed by atoms with E-state index in [2.05, 4.69) is 18.1 Å². The Hall–Kier alpha value is -2.42. The van der Waals surface area contributed by atoms with E-state index >= 15 is 0 Å². The molecule has 3 nitrogen and oxygen atoms in total. The molecule has 0 radical (unpaired) electrons. The van der Waals surface area contributed by atoms with Crippen LogP contribution in [-0.2, 0) is 9.53 Å². The SMILES string of the molecule is C=CCC(OC(=O)C=C)c1cnc2ccccc2c1. The number of hydrogen-bond acceptors (Lipinski definition) is 3. The molecule has 2 aromatic rings. The van der Waals surface area contributed by atoms with Gasteiger partial charge in [-0.2, -0.15) is 0 Å². The van der Waals surface area contributed by atoms with E-state index in [4.69, 9.17) is 4.74 Å².